The van der Waals surface area contributed by atoms with E-state index in [0.717, 1.165) is 17.7 Å². The molecule has 18 heavy (non-hydrogen) atoms. The molecular weight excluding hydrogens is 228 g/mol. The molecule has 1 unspecified atom stereocenters. The highest BCUT2D eigenvalue weighted by atomic mass is 16.5. The number of nitrogens with two attached hydrogens (primary N) is 2. The molecule has 0 saturated heterocycles. The van der Waals surface area contributed by atoms with E-state index in [0.29, 0.717) is 26.2 Å². The van der Waals surface area contributed by atoms with Gasteiger partial charge in [-0.3, -0.25) is 0 Å². The third-order valence-electron chi connectivity index (χ3n) is 2.78. The Morgan fingerprint density at radius 1 is 1.33 bits per heavy atom. The summed E-state index contributed by atoms with van der Waals surface area (Å²) in [5.74, 6) is 0.415. The van der Waals surface area contributed by atoms with Crippen LogP contribution in [0.25, 0.3) is 0 Å². The van der Waals surface area contributed by atoms with Gasteiger partial charge in [0.1, 0.15) is 0 Å². The van der Waals surface area contributed by atoms with E-state index in [1.165, 1.54) is 0 Å². The van der Waals surface area contributed by atoms with Crippen molar-refractivity contribution in [2.24, 2.45) is 11.7 Å². The summed E-state index contributed by atoms with van der Waals surface area (Å²) >= 11 is 0. The van der Waals surface area contributed by atoms with Crippen molar-refractivity contribution < 1.29 is 9.84 Å². The predicted octanol–water partition coefficient (Wildman–Crippen LogP) is 2.21. The molecule has 1 rings (SSSR count). The average Bonchev–Trinajstić information content (AvgIpc) is 2.34. The zero-order valence-electron chi connectivity index (χ0n) is 10.6. The topological polar surface area (TPSA) is 81.5 Å². The quantitative estimate of drug-likeness (QED) is 0.375. The van der Waals surface area contributed by atoms with Gasteiger partial charge in [0.2, 0.25) is 0 Å². The van der Waals surface area contributed by atoms with Crippen LogP contribution in [0.5, 0.6) is 0 Å². The minimum atomic E-state index is 0.184. The Hall–Kier alpha value is -1.52. The molecule has 5 N–H and O–H groups in total. The molecule has 0 aromatic heterocycles. The van der Waals surface area contributed by atoms with E-state index in [2.05, 4.69) is 6.58 Å². The first-order valence-electron chi connectivity index (χ1n) is 6.10. The first-order chi connectivity index (χ1) is 8.61. The molecule has 1 aromatic rings. The summed E-state index contributed by atoms with van der Waals surface area (Å²) in [4.78, 5) is 0. The number of aliphatic hydroxyl groups is 1. The monoisotopic (exact) mass is 250 g/mol. The Bertz CT molecular complexity index is 363. The van der Waals surface area contributed by atoms with Crippen LogP contribution in [0.4, 0.5) is 5.69 Å². The molecule has 4 heteroatoms. The van der Waals surface area contributed by atoms with Gasteiger partial charge in [-0.05, 0) is 36.6 Å². The number of hydrogen-bond acceptors (Lipinski definition) is 4. The van der Waals surface area contributed by atoms with Crippen molar-refractivity contribution in [1.29, 1.82) is 0 Å². The van der Waals surface area contributed by atoms with E-state index in [1.54, 1.807) is 0 Å². The number of anilines is 1. The van der Waals surface area contributed by atoms with Crippen molar-refractivity contribution in [3.8, 4) is 0 Å². The van der Waals surface area contributed by atoms with Gasteiger partial charge < -0.3 is 21.3 Å². The summed E-state index contributed by atoms with van der Waals surface area (Å²) in [5.41, 5.74) is 13.1. The first kappa shape index (κ1) is 14.5. The molecule has 0 aliphatic rings. The van der Waals surface area contributed by atoms with Crippen LogP contribution in [0.3, 0.4) is 0 Å². The lowest BCUT2D eigenvalue weighted by atomic mass is 10.0. The molecule has 0 radical (unpaired) electrons. The minimum absolute atomic E-state index is 0.184. The summed E-state index contributed by atoms with van der Waals surface area (Å²) < 4.78 is 5.57. The molecule has 1 aromatic carbocycles. The molecule has 0 bridgehead atoms. The lowest BCUT2D eigenvalue weighted by molar-refractivity contribution is 0.106. The molecule has 0 aliphatic heterocycles. The third-order valence-corrected chi connectivity index (χ3v) is 2.78. The summed E-state index contributed by atoms with van der Waals surface area (Å²) in [5, 5.41) is 9.11. The normalized spacial score (nSPS) is 12.3. The van der Waals surface area contributed by atoms with Crippen LogP contribution in [0.1, 0.15) is 18.4 Å². The van der Waals surface area contributed by atoms with Crippen LogP contribution in [-0.2, 0) is 11.3 Å². The molecule has 0 fully saturated rings. The third kappa shape index (κ3) is 5.70. The molecule has 100 valence electrons. The van der Waals surface area contributed by atoms with Crippen molar-refractivity contribution in [2.75, 3.05) is 18.9 Å². The summed E-state index contributed by atoms with van der Waals surface area (Å²) in [6.07, 6.45) is 1.37. The molecule has 4 nitrogen and oxygen atoms in total. The highest BCUT2D eigenvalue weighted by molar-refractivity contribution is 5.39. The van der Waals surface area contributed by atoms with Gasteiger partial charge in [0.25, 0.3) is 0 Å². The van der Waals surface area contributed by atoms with Crippen LogP contribution < -0.4 is 11.5 Å². The van der Waals surface area contributed by atoms with Crippen LogP contribution in [0.2, 0.25) is 0 Å². The predicted molar refractivity (Wildman–Crippen MR) is 74.1 cm³/mol. The van der Waals surface area contributed by atoms with Crippen molar-refractivity contribution in [3.05, 3.63) is 42.2 Å². The van der Waals surface area contributed by atoms with Gasteiger partial charge in [0, 0.05) is 18.7 Å². The van der Waals surface area contributed by atoms with E-state index < -0.39 is 0 Å². The largest absolute Gasteiger partial charge is 0.513 e. The van der Waals surface area contributed by atoms with E-state index in [-0.39, 0.29) is 11.7 Å². The second-order valence-electron chi connectivity index (χ2n) is 4.45. The number of aliphatic hydroxyl groups excluding tert-OH is 1. The highest BCUT2D eigenvalue weighted by Gasteiger charge is 2.07. The van der Waals surface area contributed by atoms with E-state index in [4.69, 9.17) is 21.3 Å². The maximum atomic E-state index is 9.11. The van der Waals surface area contributed by atoms with Gasteiger partial charge in [0.15, 0.2) is 0 Å². The Balaban J connectivity index is 2.21. The average molecular weight is 250 g/mol. The van der Waals surface area contributed by atoms with Crippen LogP contribution in [-0.4, -0.2) is 18.3 Å². The summed E-state index contributed by atoms with van der Waals surface area (Å²) in [6.45, 7) is 5.20. The van der Waals surface area contributed by atoms with E-state index in [9.17, 15) is 0 Å². The van der Waals surface area contributed by atoms with Gasteiger partial charge >= 0.3 is 0 Å². The number of nitrogen functional groups attached to an aromatic ring is 1. The molecule has 0 heterocycles. The van der Waals surface area contributed by atoms with Gasteiger partial charge in [0.05, 0.1) is 12.4 Å². The molecule has 0 aliphatic carbocycles. The van der Waals surface area contributed by atoms with Crippen molar-refractivity contribution in [1.82, 2.24) is 0 Å². The molecule has 0 spiro atoms. The fourth-order valence-corrected chi connectivity index (χ4v) is 1.69. The Morgan fingerprint density at radius 3 is 2.56 bits per heavy atom. The molecular formula is C14H22N2O2. The fourth-order valence-electron chi connectivity index (χ4n) is 1.69. The zero-order valence-corrected chi connectivity index (χ0v) is 10.6. The summed E-state index contributed by atoms with van der Waals surface area (Å²) in [7, 11) is 0. The smallest absolute Gasteiger partial charge is 0.0854 e. The van der Waals surface area contributed by atoms with Crippen LogP contribution in [0, 0.1) is 5.92 Å². The second-order valence-corrected chi connectivity index (χ2v) is 4.45. The fraction of sp³-hybridized carbons (Fsp3) is 0.429. The van der Waals surface area contributed by atoms with Crippen molar-refractivity contribution in [3.63, 3.8) is 0 Å². The first-order valence-corrected chi connectivity index (χ1v) is 6.10. The SMILES string of the molecule is C=C(O)CC(CN)CCOCc1ccc(N)cc1. The lowest BCUT2D eigenvalue weighted by Gasteiger charge is -2.13. The minimum Gasteiger partial charge on any atom is -0.513 e. The Labute approximate surface area is 108 Å². The second kappa shape index (κ2) is 7.74. The number of benzene rings is 1. The number of hydrogen-bond donors (Lipinski definition) is 3. The van der Waals surface area contributed by atoms with Gasteiger partial charge in [-0.25, -0.2) is 0 Å². The molecule has 0 amide bonds. The standard InChI is InChI=1S/C14H22N2O2/c1-11(17)8-13(9-15)6-7-18-10-12-2-4-14(16)5-3-12/h2-5,13,17H,1,6-10,15-16H2. The highest BCUT2D eigenvalue weighted by Crippen LogP contribution is 2.12. The maximum Gasteiger partial charge on any atom is 0.0854 e. The lowest BCUT2D eigenvalue weighted by Crippen LogP contribution is -2.17. The number of allylic oxidation sites excluding steroid dienone is 1. The molecule has 0 saturated carbocycles. The molecule has 1 atom stereocenters. The van der Waals surface area contributed by atoms with Crippen LogP contribution >= 0.6 is 0 Å². The summed E-state index contributed by atoms with van der Waals surface area (Å²) in [6, 6.07) is 7.62. The number of rotatable bonds is 8. The maximum absolute atomic E-state index is 9.11. The van der Waals surface area contributed by atoms with E-state index in [1.807, 2.05) is 24.3 Å². The van der Waals surface area contributed by atoms with Crippen molar-refractivity contribution in [2.45, 2.75) is 19.4 Å². The van der Waals surface area contributed by atoms with Gasteiger partial charge in [-0.1, -0.05) is 18.7 Å². The van der Waals surface area contributed by atoms with Crippen molar-refractivity contribution >= 4 is 5.69 Å². The van der Waals surface area contributed by atoms with Gasteiger partial charge in [-0.15, -0.1) is 0 Å². The Kier molecular flexibility index (Phi) is 6.25. The van der Waals surface area contributed by atoms with Gasteiger partial charge in [-0.2, -0.15) is 0 Å². The number of ether oxygens (including phenoxy) is 1. The Morgan fingerprint density at radius 2 is 2.00 bits per heavy atom. The van der Waals surface area contributed by atoms with Crippen LogP contribution in [0.15, 0.2) is 36.6 Å². The van der Waals surface area contributed by atoms with E-state index >= 15 is 0 Å². The zero-order chi connectivity index (χ0) is 13.4.